The van der Waals surface area contributed by atoms with Crippen LogP contribution in [0.2, 0.25) is 0 Å². The minimum atomic E-state index is -0.818. The molecule has 0 bridgehead atoms. The molecule has 0 aromatic carbocycles. The van der Waals surface area contributed by atoms with Crippen molar-refractivity contribution in [1.82, 2.24) is 0 Å². The maximum Gasteiger partial charge on any atom is 0.330 e. The Kier molecular flexibility index (Phi) is 11.4. The highest BCUT2D eigenvalue weighted by Gasteiger charge is 1.97. The maximum absolute atomic E-state index is 10.5. The fourth-order valence-electron chi connectivity index (χ4n) is 1.58. The van der Waals surface area contributed by atoms with Crippen molar-refractivity contribution < 1.29 is 9.90 Å². The lowest BCUT2D eigenvalue weighted by Crippen LogP contribution is -1.95. The van der Waals surface area contributed by atoms with E-state index in [1.165, 1.54) is 25.7 Å². The zero-order chi connectivity index (χ0) is 13.6. The van der Waals surface area contributed by atoms with Crippen LogP contribution < -0.4 is 0 Å². The molecule has 0 aromatic rings. The lowest BCUT2D eigenvalue weighted by atomic mass is 10.1. The number of unbranched alkanes of at least 4 members (excludes halogenated alkanes) is 7. The largest absolute Gasteiger partial charge is 0.478 e. The average molecular weight is 250 g/mol. The number of carbonyl (C=O) groups is 1. The molecule has 0 heterocycles. The Morgan fingerprint density at radius 3 is 2.22 bits per heavy atom. The quantitative estimate of drug-likeness (QED) is 0.370. The van der Waals surface area contributed by atoms with Crippen molar-refractivity contribution in [2.75, 3.05) is 0 Å². The van der Waals surface area contributed by atoms with Gasteiger partial charge in [0.25, 0.3) is 0 Å². The van der Waals surface area contributed by atoms with Gasteiger partial charge in [-0.1, -0.05) is 32.3 Å². The Balaban J connectivity index is 3.38. The molecule has 0 unspecified atom stereocenters. The molecule has 0 atom stereocenters. The van der Waals surface area contributed by atoms with E-state index in [1.54, 1.807) is 13.0 Å². The van der Waals surface area contributed by atoms with E-state index in [0.29, 0.717) is 5.57 Å². The number of carboxylic acids is 1. The highest BCUT2D eigenvalue weighted by Crippen LogP contribution is 2.04. The molecule has 0 aliphatic carbocycles. The smallest absolute Gasteiger partial charge is 0.330 e. The summed E-state index contributed by atoms with van der Waals surface area (Å²) in [6.07, 6.45) is 11.8. The SMILES string of the molecule is CCCCCCC#CCCCCC=C(C)C(=O)O. The highest BCUT2D eigenvalue weighted by molar-refractivity contribution is 5.85. The van der Waals surface area contributed by atoms with Crippen molar-refractivity contribution >= 4 is 5.97 Å². The topological polar surface area (TPSA) is 37.3 Å². The fraction of sp³-hybridized carbons (Fsp3) is 0.688. The van der Waals surface area contributed by atoms with Crippen LogP contribution in [0.15, 0.2) is 11.6 Å². The minimum absolute atomic E-state index is 0.442. The van der Waals surface area contributed by atoms with Crippen molar-refractivity contribution in [3.05, 3.63) is 11.6 Å². The Hall–Kier alpha value is -1.23. The van der Waals surface area contributed by atoms with Gasteiger partial charge in [0.2, 0.25) is 0 Å². The average Bonchev–Trinajstić information content (AvgIpc) is 2.35. The first kappa shape index (κ1) is 16.8. The summed E-state index contributed by atoms with van der Waals surface area (Å²) >= 11 is 0. The standard InChI is InChI=1S/C16H26O2/c1-3-4-5-6-7-8-9-10-11-12-13-14-15(2)16(17)18/h14H,3-7,10-13H2,1-2H3,(H,17,18). The van der Waals surface area contributed by atoms with Gasteiger partial charge in [0.05, 0.1) is 0 Å². The van der Waals surface area contributed by atoms with Crippen LogP contribution in [0.5, 0.6) is 0 Å². The molecule has 2 nitrogen and oxygen atoms in total. The van der Waals surface area contributed by atoms with E-state index in [1.807, 2.05) is 0 Å². The first-order valence-corrected chi connectivity index (χ1v) is 7.04. The number of aliphatic carboxylic acids is 1. The summed E-state index contributed by atoms with van der Waals surface area (Å²) in [6, 6.07) is 0. The molecule has 18 heavy (non-hydrogen) atoms. The molecule has 0 fully saturated rings. The predicted octanol–water partition coefficient (Wildman–Crippen LogP) is 4.55. The Labute approximate surface area is 111 Å². The van der Waals surface area contributed by atoms with Gasteiger partial charge in [0, 0.05) is 18.4 Å². The third kappa shape index (κ3) is 11.3. The number of hydrogen-bond donors (Lipinski definition) is 1. The first-order chi connectivity index (χ1) is 8.68. The Morgan fingerprint density at radius 2 is 1.67 bits per heavy atom. The summed E-state index contributed by atoms with van der Waals surface area (Å²) in [4.78, 5) is 10.5. The number of allylic oxidation sites excluding steroid dienone is 1. The maximum atomic E-state index is 10.5. The van der Waals surface area contributed by atoms with Crippen molar-refractivity contribution in [1.29, 1.82) is 0 Å². The van der Waals surface area contributed by atoms with Crippen LogP contribution in [-0.4, -0.2) is 11.1 Å². The van der Waals surface area contributed by atoms with E-state index in [9.17, 15) is 4.79 Å². The van der Waals surface area contributed by atoms with Gasteiger partial charge in [0.1, 0.15) is 0 Å². The van der Waals surface area contributed by atoms with Crippen molar-refractivity contribution in [3.8, 4) is 11.8 Å². The van der Waals surface area contributed by atoms with Gasteiger partial charge in [-0.3, -0.25) is 0 Å². The van der Waals surface area contributed by atoms with E-state index in [-0.39, 0.29) is 0 Å². The third-order valence-electron chi connectivity index (χ3n) is 2.82. The fourth-order valence-corrected chi connectivity index (χ4v) is 1.58. The molecule has 0 radical (unpaired) electrons. The second kappa shape index (κ2) is 12.2. The molecule has 0 rings (SSSR count). The van der Waals surface area contributed by atoms with E-state index in [2.05, 4.69) is 18.8 Å². The van der Waals surface area contributed by atoms with Gasteiger partial charge in [-0.25, -0.2) is 4.79 Å². The monoisotopic (exact) mass is 250 g/mol. The molecule has 0 aliphatic rings. The second-order valence-electron chi connectivity index (χ2n) is 4.60. The van der Waals surface area contributed by atoms with E-state index < -0.39 is 5.97 Å². The van der Waals surface area contributed by atoms with Gasteiger partial charge < -0.3 is 5.11 Å². The summed E-state index contributed by atoms with van der Waals surface area (Å²) in [5, 5.41) is 8.65. The molecule has 0 saturated heterocycles. The summed E-state index contributed by atoms with van der Waals surface area (Å²) < 4.78 is 0. The van der Waals surface area contributed by atoms with Crippen LogP contribution >= 0.6 is 0 Å². The minimum Gasteiger partial charge on any atom is -0.478 e. The van der Waals surface area contributed by atoms with E-state index >= 15 is 0 Å². The predicted molar refractivity (Wildman–Crippen MR) is 76.4 cm³/mol. The van der Waals surface area contributed by atoms with Crippen LogP contribution in [0.4, 0.5) is 0 Å². The second-order valence-corrected chi connectivity index (χ2v) is 4.60. The molecule has 0 aromatic heterocycles. The molecule has 0 aliphatic heterocycles. The van der Waals surface area contributed by atoms with Gasteiger partial charge in [-0.15, -0.1) is 11.8 Å². The van der Waals surface area contributed by atoms with Crippen molar-refractivity contribution in [2.24, 2.45) is 0 Å². The van der Waals surface area contributed by atoms with E-state index in [4.69, 9.17) is 5.11 Å². The van der Waals surface area contributed by atoms with Crippen LogP contribution in [0.25, 0.3) is 0 Å². The molecular weight excluding hydrogens is 224 g/mol. The summed E-state index contributed by atoms with van der Waals surface area (Å²) in [6.45, 7) is 3.85. The zero-order valence-electron chi connectivity index (χ0n) is 11.8. The van der Waals surface area contributed by atoms with Gasteiger partial charge >= 0.3 is 5.97 Å². The zero-order valence-corrected chi connectivity index (χ0v) is 11.8. The number of hydrogen-bond acceptors (Lipinski definition) is 1. The highest BCUT2D eigenvalue weighted by atomic mass is 16.4. The Morgan fingerprint density at radius 1 is 1.06 bits per heavy atom. The molecular formula is C16H26O2. The van der Waals surface area contributed by atoms with Crippen LogP contribution in [0, 0.1) is 11.8 Å². The van der Waals surface area contributed by atoms with E-state index in [0.717, 1.165) is 32.1 Å². The lowest BCUT2D eigenvalue weighted by molar-refractivity contribution is -0.132. The van der Waals surface area contributed by atoms with Crippen molar-refractivity contribution in [3.63, 3.8) is 0 Å². The Bertz CT molecular complexity index is 305. The first-order valence-electron chi connectivity index (χ1n) is 7.04. The molecule has 102 valence electrons. The summed E-state index contributed by atoms with van der Waals surface area (Å²) in [5.74, 6) is 5.57. The van der Waals surface area contributed by atoms with Crippen molar-refractivity contribution in [2.45, 2.75) is 71.6 Å². The van der Waals surface area contributed by atoms with Gasteiger partial charge in [0.15, 0.2) is 0 Å². The summed E-state index contributed by atoms with van der Waals surface area (Å²) in [7, 11) is 0. The number of carboxylic acid groups (broad SMARTS) is 1. The molecule has 0 saturated carbocycles. The van der Waals surface area contributed by atoms with Gasteiger partial charge in [-0.2, -0.15) is 0 Å². The summed E-state index contributed by atoms with van der Waals surface area (Å²) in [5.41, 5.74) is 0.442. The molecule has 2 heteroatoms. The molecule has 0 amide bonds. The van der Waals surface area contributed by atoms with Gasteiger partial charge in [-0.05, 0) is 32.6 Å². The molecule has 0 spiro atoms. The van der Waals surface area contributed by atoms with Crippen LogP contribution in [0.3, 0.4) is 0 Å². The normalized spacial score (nSPS) is 10.9. The lowest BCUT2D eigenvalue weighted by Gasteiger charge is -1.94. The molecule has 1 N–H and O–H groups in total. The number of rotatable bonds is 9. The van der Waals surface area contributed by atoms with Crippen LogP contribution in [-0.2, 0) is 4.79 Å². The van der Waals surface area contributed by atoms with Crippen LogP contribution in [0.1, 0.15) is 71.6 Å². The third-order valence-corrected chi connectivity index (χ3v) is 2.82.